The lowest BCUT2D eigenvalue weighted by atomic mass is 10.1. The molecule has 0 aliphatic rings. The molecule has 0 heterocycles. The lowest BCUT2D eigenvalue weighted by molar-refractivity contribution is -0.144. The molecule has 1 aromatic rings. The van der Waals surface area contributed by atoms with Crippen LogP contribution in [0.5, 0.6) is 5.75 Å². The molecule has 0 bridgehead atoms. The molecule has 6 nitrogen and oxygen atoms in total. The van der Waals surface area contributed by atoms with Gasteiger partial charge in [-0.15, -0.1) is 0 Å². The largest absolute Gasteiger partial charge is 0.497 e. The minimum absolute atomic E-state index is 0.140. The molecule has 0 spiro atoms. The number of ether oxygens (including phenoxy) is 3. The van der Waals surface area contributed by atoms with Gasteiger partial charge in [0, 0.05) is 6.42 Å². The van der Waals surface area contributed by atoms with E-state index in [0.29, 0.717) is 6.61 Å². The van der Waals surface area contributed by atoms with E-state index in [0.717, 1.165) is 11.3 Å². The Hall–Kier alpha value is -1.92. The van der Waals surface area contributed by atoms with Gasteiger partial charge >= 0.3 is 5.97 Å². The topological polar surface area (TPSA) is 82.1 Å². The summed E-state index contributed by atoms with van der Waals surface area (Å²) in [5.74, 6) is -0.228. The van der Waals surface area contributed by atoms with Crippen molar-refractivity contribution in [1.29, 1.82) is 0 Å². The minimum Gasteiger partial charge on any atom is -0.497 e. The second kappa shape index (κ2) is 9.17. The summed E-state index contributed by atoms with van der Waals surface area (Å²) in [6.07, 6.45) is -1.96. The van der Waals surface area contributed by atoms with Crippen LogP contribution < -0.4 is 4.74 Å². The zero-order chi connectivity index (χ0) is 16.5. The number of aliphatic hydroxyl groups excluding tert-OH is 1. The fraction of sp³-hybridized carbons (Fsp3) is 0.500. The van der Waals surface area contributed by atoms with Crippen LogP contribution in [0.25, 0.3) is 0 Å². The van der Waals surface area contributed by atoms with Gasteiger partial charge in [-0.2, -0.15) is 0 Å². The molecule has 0 saturated carbocycles. The van der Waals surface area contributed by atoms with Crippen molar-refractivity contribution in [3.63, 3.8) is 0 Å². The van der Waals surface area contributed by atoms with Gasteiger partial charge in [0.2, 0.25) is 0 Å². The number of carbonyl (C=O) groups is 2. The van der Waals surface area contributed by atoms with E-state index in [1.165, 1.54) is 7.11 Å². The number of Topliss-reactive ketones (excluding diaryl/α,β-unsaturated/α-hetero) is 1. The summed E-state index contributed by atoms with van der Waals surface area (Å²) >= 11 is 0. The van der Waals surface area contributed by atoms with Gasteiger partial charge in [-0.25, -0.2) is 0 Å². The summed E-state index contributed by atoms with van der Waals surface area (Å²) in [7, 11) is 2.81. The van der Waals surface area contributed by atoms with Crippen molar-refractivity contribution in [2.24, 2.45) is 0 Å². The first-order chi connectivity index (χ1) is 10.5. The molecule has 0 fully saturated rings. The molecule has 122 valence electrons. The summed E-state index contributed by atoms with van der Waals surface area (Å²) in [5.41, 5.74) is 0.931. The predicted octanol–water partition coefficient (Wildman–Crippen LogP) is 1.48. The second-order valence-electron chi connectivity index (χ2n) is 4.93. The standard InChI is InChI=1S/C16H22O6/c1-11(15(18)8-13(17)9-16(19)21-3)22-10-12-4-6-14(20-2)7-5-12/h4-7,11,15,18H,8-10H2,1-3H3/t11-,15-/m1/s1. The van der Waals surface area contributed by atoms with Gasteiger partial charge in [0.1, 0.15) is 18.0 Å². The first kappa shape index (κ1) is 18.1. The van der Waals surface area contributed by atoms with E-state index in [1.807, 2.05) is 24.3 Å². The van der Waals surface area contributed by atoms with E-state index < -0.39 is 18.2 Å². The number of rotatable bonds is 9. The zero-order valence-electron chi connectivity index (χ0n) is 13.1. The summed E-state index contributed by atoms with van der Waals surface area (Å²) in [5, 5.41) is 9.92. The number of hydrogen-bond acceptors (Lipinski definition) is 6. The van der Waals surface area contributed by atoms with Gasteiger partial charge in [-0.1, -0.05) is 12.1 Å². The number of hydrogen-bond donors (Lipinski definition) is 1. The van der Waals surface area contributed by atoms with Crippen molar-refractivity contribution in [2.75, 3.05) is 14.2 Å². The monoisotopic (exact) mass is 310 g/mol. The van der Waals surface area contributed by atoms with Crippen molar-refractivity contribution in [2.45, 2.75) is 38.6 Å². The SMILES string of the molecule is COC(=O)CC(=O)C[C@@H](O)[C@@H](C)OCc1ccc(OC)cc1. The highest BCUT2D eigenvalue weighted by Crippen LogP contribution is 2.14. The number of methoxy groups -OCH3 is 2. The molecule has 1 aromatic carbocycles. The van der Waals surface area contributed by atoms with E-state index >= 15 is 0 Å². The molecule has 0 unspecified atom stereocenters. The Kier molecular flexibility index (Phi) is 7.56. The lowest BCUT2D eigenvalue weighted by Gasteiger charge is -2.19. The minimum atomic E-state index is -0.963. The molecular weight excluding hydrogens is 288 g/mol. The molecule has 0 radical (unpaired) electrons. The third-order valence-electron chi connectivity index (χ3n) is 3.22. The Bertz CT molecular complexity index is 482. The maximum Gasteiger partial charge on any atom is 0.313 e. The lowest BCUT2D eigenvalue weighted by Crippen LogP contribution is -2.29. The van der Waals surface area contributed by atoms with E-state index in [2.05, 4.69) is 4.74 Å². The number of carbonyl (C=O) groups excluding carboxylic acids is 2. The average Bonchev–Trinajstić information content (AvgIpc) is 2.52. The van der Waals surface area contributed by atoms with Gasteiger partial charge in [0.05, 0.1) is 33.0 Å². The Morgan fingerprint density at radius 2 is 1.82 bits per heavy atom. The first-order valence-electron chi connectivity index (χ1n) is 6.97. The van der Waals surface area contributed by atoms with Gasteiger partial charge in [0.15, 0.2) is 0 Å². The third-order valence-corrected chi connectivity index (χ3v) is 3.22. The van der Waals surface area contributed by atoms with Crippen LogP contribution in [0.3, 0.4) is 0 Å². The highest BCUT2D eigenvalue weighted by Gasteiger charge is 2.20. The van der Waals surface area contributed by atoms with E-state index in [1.54, 1.807) is 14.0 Å². The van der Waals surface area contributed by atoms with Crippen LogP contribution in [0.2, 0.25) is 0 Å². The molecular formula is C16H22O6. The van der Waals surface area contributed by atoms with Crippen LogP contribution in [0, 0.1) is 0 Å². The molecule has 0 amide bonds. The van der Waals surface area contributed by atoms with Crippen molar-refractivity contribution in [3.05, 3.63) is 29.8 Å². The van der Waals surface area contributed by atoms with Gasteiger partial charge in [-0.05, 0) is 24.6 Å². The maximum atomic E-state index is 11.5. The van der Waals surface area contributed by atoms with Crippen molar-refractivity contribution in [1.82, 2.24) is 0 Å². The molecule has 0 aliphatic heterocycles. The molecule has 6 heteroatoms. The van der Waals surface area contributed by atoms with Crippen molar-refractivity contribution >= 4 is 11.8 Å². The van der Waals surface area contributed by atoms with Crippen LogP contribution in [0.15, 0.2) is 24.3 Å². The van der Waals surface area contributed by atoms with Crippen LogP contribution in [-0.4, -0.2) is 43.3 Å². The summed E-state index contributed by atoms with van der Waals surface area (Å²) in [6.45, 7) is 1.99. The fourth-order valence-electron chi connectivity index (χ4n) is 1.77. The highest BCUT2D eigenvalue weighted by atomic mass is 16.5. The Morgan fingerprint density at radius 3 is 2.36 bits per heavy atom. The number of benzene rings is 1. The molecule has 0 aromatic heterocycles. The third kappa shape index (κ3) is 6.24. The normalized spacial score (nSPS) is 13.3. The maximum absolute atomic E-state index is 11.5. The van der Waals surface area contributed by atoms with Crippen molar-refractivity contribution in [3.8, 4) is 5.75 Å². The number of esters is 1. The molecule has 0 saturated heterocycles. The smallest absolute Gasteiger partial charge is 0.313 e. The first-order valence-corrected chi connectivity index (χ1v) is 6.97. The van der Waals surface area contributed by atoms with Crippen LogP contribution in [0.1, 0.15) is 25.3 Å². The molecule has 1 rings (SSSR count). The van der Waals surface area contributed by atoms with E-state index in [4.69, 9.17) is 9.47 Å². The summed E-state index contributed by atoms with van der Waals surface area (Å²) in [6, 6.07) is 7.36. The van der Waals surface area contributed by atoms with Crippen LogP contribution >= 0.6 is 0 Å². The summed E-state index contributed by atoms with van der Waals surface area (Å²) in [4.78, 5) is 22.5. The number of aliphatic hydroxyl groups is 1. The molecule has 2 atom stereocenters. The average molecular weight is 310 g/mol. The van der Waals surface area contributed by atoms with Gasteiger partial charge in [0.25, 0.3) is 0 Å². The zero-order valence-corrected chi connectivity index (χ0v) is 13.1. The van der Waals surface area contributed by atoms with Crippen LogP contribution in [-0.2, 0) is 25.7 Å². The summed E-state index contributed by atoms with van der Waals surface area (Å²) < 4.78 is 15.0. The van der Waals surface area contributed by atoms with E-state index in [-0.39, 0.29) is 18.6 Å². The molecule has 0 aliphatic carbocycles. The van der Waals surface area contributed by atoms with Gasteiger partial charge < -0.3 is 19.3 Å². The molecule has 1 N–H and O–H groups in total. The molecule has 22 heavy (non-hydrogen) atoms. The van der Waals surface area contributed by atoms with Crippen molar-refractivity contribution < 1.29 is 28.9 Å². The Labute approximate surface area is 130 Å². The number of ketones is 1. The fourth-order valence-corrected chi connectivity index (χ4v) is 1.77. The second-order valence-corrected chi connectivity index (χ2v) is 4.93. The van der Waals surface area contributed by atoms with Crippen LogP contribution in [0.4, 0.5) is 0 Å². The quantitative estimate of drug-likeness (QED) is 0.549. The highest BCUT2D eigenvalue weighted by molar-refractivity contribution is 5.95. The Balaban J connectivity index is 2.38. The van der Waals surface area contributed by atoms with E-state index in [9.17, 15) is 14.7 Å². The predicted molar refractivity (Wildman–Crippen MR) is 79.5 cm³/mol. The van der Waals surface area contributed by atoms with Gasteiger partial charge in [-0.3, -0.25) is 9.59 Å². The Morgan fingerprint density at radius 1 is 1.18 bits per heavy atom.